The average Bonchev–Trinajstić information content (AvgIpc) is 2.19. The summed E-state index contributed by atoms with van der Waals surface area (Å²) in [4.78, 5) is 0. The van der Waals surface area contributed by atoms with Gasteiger partial charge in [-0.05, 0) is 0 Å². The van der Waals surface area contributed by atoms with Crippen LogP contribution in [0.3, 0.4) is 0 Å². The van der Waals surface area contributed by atoms with Crippen molar-refractivity contribution < 1.29 is 37.5 Å². The number of benzene rings is 1. The quantitative estimate of drug-likeness (QED) is 0.308. The fraction of sp³-hybridized carbons (Fsp3) is 0. The Balaban J connectivity index is 0.000000424. The first kappa shape index (κ1) is 12.1. The molecule has 5 nitrogen and oxygen atoms in total. The molecule has 0 amide bonds. The Hall–Kier alpha value is -0.858. The van der Waals surface area contributed by atoms with Gasteiger partial charge in [0.2, 0.25) is 0 Å². The molecule has 1 rings (SSSR count). The van der Waals surface area contributed by atoms with Crippen LogP contribution in [0.5, 0.6) is 0 Å². The minimum atomic E-state index is -2.51. The van der Waals surface area contributed by atoms with Crippen LogP contribution in [0.4, 0.5) is 0 Å². The van der Waals surface area contributed by atoms with Crippen LogP contribution in [0, 0.1) is 27.8 Å². The second-order valence-electron chi connectivity index (χ2n) is 1.93. The van der Waals surface area contributed by atoms with Crippen LogP contribution in [0.25, 0.3) is 0 Å². The monoisotopic (exact) mass is 406 g/mol. The maximum atomic E-state index is 8.58. The van der Waals surface area contributed by atoms with Crippen molar-refractivity contribution in [1.82, 2.24) is 0 Å². The number of nitrogens with zero attached hydrogens (tertiary/aromatic N) is 1. The topological polar surface area (TPSA) is 92.8 Å². The van der Waals surface area contributed by atoms with Crippen molar-refractivity contribution >= 4 is 5.84 Å². The van der Waals surface area contributed by atoms with Gasteiger partial charge in [-0.25, -0.2) is 0 Å². The molecule has 0 atom stereocenters. The van der Waals surface area contributed by atoms with Gasteiger partial charge >= 0.3 is 32.3 Å². The van der Waals surface area contributed by atoms with Crippen molar-refractivity contribution in [3.63, 3.8) is 0 Å². The number of hydrogen-bond donors (Lipinski definition) is 2. The second-order valence-corrected chi connectivity index (χ2v) is 2.63. The molecule has 0 spiro atoms. The molecule has 0 aromatic heterocycles. The standard InChI is InChI=1S/C7H8N2O.2O.U/c8-7(9-10)6-4-2-1-3-5-6;;;/h1-5,10H,(H2,8,9);;;. The third-order valence-electron chi connectivity index (χ3n) is 1.18. The first-order valence-electron chi connectivity index (χ1n) is 3.28. The van der Waals surface area contributed by atoms with E-state index >= 15 is 0 Å². The van der Waals surface area contributed by atoms with E-state index in [4.69, 9.17) is 15.4 Å². The molecule has 6 heteroatoms. The molecule has 0 fully saturated rings. The molecule has 0 saturated carbocycles. The molecule has 0 unspecified atom stereocenters. The zero-order valence-electron chi connectivity index (χ0n) is 6.68. The first-order chi connectivity index (χ1) is 6.26. The summed E-state index contributed by atoms with van der Waals surface area (Å²) in [6.45, 7) is 0. The van der Waals surface area contributed by atoms with Crippen molar-refractivity contribution in [3.8, 4) is 0 Å². The summed E-state index contributed by atoms with van der Waals surface area (Å²) in [5.41, 5.74) is 6.02. The van der Waals surface area contributed by atoms with Crippen LogP contribution in [0.15, 0.2) is 35.5 Å². The van der Waals surface area contributed by atoms with E-state index in [9.17, 15) is 0 Å². The molecular weight excluding hydrogens is 398 g/mol. The number of nitrogens with two attached hydrogens (primary N) is 1. The number of rotatable bonds is 1. The van der Waals surface area contributed by atoms with Crippen molar-refractivity contribution in [3.05, 3.63) is 35.9 Å². The number of hydrogen-bond acceptors (Lipinski definition) is 4. The predicted octanol–water partition coefficient (Wildman–Crippen LogP) is 0.544. The van der Waals surface area contributed by atoms with Gasteiger partial charge in [-0.1, -0.05) is 35.5 Å². The summed E-state index contributed by atoms with van der Waals surface area (Å²) < 4.78 is 17.2. The molecular formula is C7H8N2O3U. The van der Waals surface area contributed by atoms with E-state index in [-0.39, 0.29) is 5.84 Å². The summed E-state index contributed by atoms with van der Waals surface area (Å²) in [6.07, 6.45) is 0. The molecule has 0 aliphatic heterocycles. The predicted molar refractivity (Wildman–Crippen MR) is 40.3 cm³/mol. The van der Waals surface area contributed by atoms with E-state index in [0.29, 0.717) is 0 Å². The van der Waals surface area contributed by atoms with Gasteiger partial charge in [-0.3, -0.25) is 0 Å². The van der Waals surface area contributed by atoms with Gasteiger partial charge < -0.3 is 10.9 Å². The number of oxime groups is 1. The normalized spacial score (nSPS) is 9.38. The molecule has 3 N–H and O–H groups in total. The average molecular weight is 406 g/mol. The van der Waals surface area contributed by atoms with E-state index in [0.717, 1.165) is 5.56 Å². The van der Waals surface area contributed by atoms with E-state index in [1.54, 1.807) is 12.1 Å². The van der Waals surface area contributed by atoms with Gasteiger partial charge in [-0.2, -0.15) is 0 Å². The van der Waals surface area contributed by atoms with Crippen molar-refractivity contribution in [2.75, 3.05) is 0 Å². The van der Waals surface area contributed by atoms with Crippen molar-refractivity contribution in [1.29, 1.82) is 0 Å². The van der Waals surface area contributed by atoms with E-state index in [2.05, 4.69) is 5.16 Å². The molecule has 0 aliphatic carbocycles. The van der Waals surface area contributed by atoms with E-state index in [1.807, 2.05) is 18.2 Å². The van der Waals surface area contributed by atoms with Gasteiger partial charge in [0.05, 0.1) is 0 Å². The SMILES string of the molecule is NC(=NO)c1ccccc1.[O]=[U]=[O]. The van der Waals surface area contributed by atoms with Crippen LogP contribution in [0.1, 0.15) is 5.56 Å². The molecule has 0 aliphatic rings. The van der Waals surface area contributed by atoms with E-state index < -0.39 is 27.8 Å². The molecule has 0 heterocycles. The third kappa shape index (κ3) is 5.39. The summed E-state index contributed by atoms with van der Waals surface area (Å²) in [5, 5.41) is 11.1. The van der Waals surface area contributed by atoms with Gasteiger partial charge in [0.25, 0.3) is 0 Å². The first-order valence-corrected chi connectivity index (χ1v) is 6.68. The van der Waals surface area contributed by atoms with Gasteiger partial charge in [0.1, 0.15) is 0 Å². The summed E-state index contributed by atoms with van der Waals surface area (Å²) in [6, 6.07) is 9.07. The fourth-order valence-corrected chi connectivity index (χ4v) is 0.667. The van der Waals surface area contributed by atoms with Crippen LogP contribution in [0.2, 0.25) is 0 Å². The van der Waals surface area contributed by atoms with Crippen LogP contribution >= 0.6 is 0 Å². The summed E-state index contributed by atoms with van der Waals surface area (Å²) in [5.74, 6) is 0.139. The molecule has 0 saturated heterocycles. The summed E-state index contributed by atoms with van der Waals surface area (Å²) >= 11 is -2.51. The third-order valence-corrected chi connectivity index (χ3v) is 1.18. The van der Waals surface area contributed by atoms with Gasteiger partial charge in [-0.15, -0.1) is 0 Å². The second kappa shape index (κ2) is 7.77. The molecule has 68 valence electrons. The van der Waals surface area contributed by atoms with Crippen molar-refractivity contribution in [2.24, 2.45) is 10.9 Å². The van der Waals surface area contributed by atoms with E-state index in [1.165, 1.54) is 0 Å². The molecule has 0 radical (unpaired) electrons. The maximum absolute atomic E-state index is 8.58. The Labute approximate surface area is 89.8 Å². The van der Waals surface area contributed by atoms with Crippen LogP contribution in [-0.2, 0) is 4.47 Å². The minimum absolute atomic E-state index is 0.139. The van der Waals surface area contributed by atoms with Crippen molar-refractivity contribution in [2.45, 2.75) is 0 Å². The molecule has 1 aromatic rings. The Kier molecular flexibility index (Phi) is 7.26. The van der Waals surface area contributed by atoms with Gasteiger partial charge in [0.15, 0.2) is 5.84 Å². The Morgan fingerprint density at radius 3 is 2.15 bits per heavy atom. The Morgan fingerprint density at radius 1 is 1.31 bits per heavy atom. The Morgan fingerprint density at radius 2 is 1.77 bits per heavy atom. The summed E-state index contributed by atoms with van der Waals surface area (Å²) in [7, 11) is 0. The fourth-order valence-electron chi connectivity index (χ4n) is 0.667. The van der Waals surface area contributed by atoms with Crippen LogP contribution < -0.4 is 5.73 Å². The molecule has 13 heavy (non-hydrogen) atoms. The zero-order chi connectivity index (χ0) is 10.1. The van der Waals surface area contributed by atoms with Crippen LogP contribution in [-0.4, -0.2) is 11.0 Å². The molecule has 1 aromatic carbocycles. The Bertz CT molecular complexity index is 307. The van der Waals surface area contributed by atoms with Gasteiger partial charge in [0, 0.05) is 5.56 Å². The number of amidine groups is 1. The zero-order valence-corrected chi connectivity index (χ0v) is 10.8. The molecule has 0 bridgehead atoms.